The first-order chi connectivity index (χ1) is 25.2. The second kappa shape index (κ2) is 11.2. The Morgan fingerprint density at radius 3 is 1.41 bits per heavy atom. The molecule has 0 fully saturated rings. The van der Waals surface area contributed by atoms with E-state index in [0.29, 0.717) is 17.6 Å². The van der Waals surface area contributed by atoms with Gasteiger partial charge in [0.2, 0.25) is 5.95 Å². The van der Waals surface area contributed by atoms with Gasteiger partial charge >= 0.3 is 0 Å². The van der Waals surface area contributed by atoms with Crippen molar-refractivity contribution in [3.8, 4) is 39.9 Å². The van der Waals surface area contributed by atoms with Crippen LogP contribution in [0, 0.1) is 0 Å². The molecule has 4 aromatic heterocycles. The summed E-state index contributed by atoms with van der Waals surface area (Å²) in [6.07, 6.45) is 0. The smallest absolute Gasteiger partial charge is 0.238 e. The van der Waals surface area contributed by atoms with Gasteiger partial charge in [-0.05, 0) is 47.5 Å². The molecule has 0 aliphatic carbocycles. The van der Waals surface area contributed by atoms with Gasteiger partial charge in [-0.3, -0.25) is 4.57 Å². The largest absolute Gasteiger partial charge is 0.278 e. The molecule has 11 rings (SSSR count). The lowest BCUT2D eigenvalue weighted by molar-refractivity contribution is 0.954. The van der Waals surface area contributed by atoms with Crippen LogP contribution >= 0.6 is 22.7 Å². The molecule has 0 radical (unpaired) electrons. The highest BCUT2D eigenvalue weighted by molar-refractivity contribution is 7.26. The Labute approximate surface area is 300 Å². The van der Waals surface area contributed by atoms with Crippen LogP contribution in [0.15, 0.2) is 158 Å². The van der Waals surface area contributed by atoms with Crippen LogP contribution in [0.1, 0.15) is 0 Å². The van der Waals surface area contributed by atoms with Crippen molar-refractivity contribution in [3.05, 3.63) is 158 Å². The normalized spacial score (nSPS) is 11.9. The van der Waals surface area contributed by atoms with Gasteiger partial charge in [0.15, 0.2) is 11.6 Å². The summed E-state index contributed by atoms with van der Waals surface area (Å²) in [6, 6.07) is 56.1. The average molecular weight is 687 g/mol. The van der Waals surface area contributed by atoms with E-state index >= 15 is 0 Å². The van der Waals surface area contributed by atoms with Crippen molar-refractivity contribution in [2.45, 2.75) is 0 Å². The van der Waals surface area contributed by atoms with Gasteiger partial charge in [-0.15, -0.1) is 22.7 Å². The minimum Gasteiger partial charge on any atom is -0.278 e. The van der Waals surface area contributed by atoms with Gasteiger partial charge in [0.05, 0.1) is 11.0 Å². The molecule has 0 N–H and O–H groups in total. The molecule has 6 heteroatoms. The highest BCUT2D eigenvalue weighted by atomic mass is 32.1. The summed E-state index contributed by atoms with van der Waals surface area (Å²) in [4.78, 5) is 15.3. The van der Waals surface area contributed by atoms with Crippen LogP contribution in [-0.2, 0) is 0 Å². The topological polar surface area (TPSA) is 43.6 Å². The predicted molar refractivity (Wildman–Crippen MR) is 216 cm³/mol. The summed E-state index contributed by atoms with van der Waals surface area (Å²) in [5.41, 5.74) is 6.52. The number of para-hydroxylation sites is 2. The van der Waals surface area contributed by atoms with Crippen LogP contribution in [0.25, 0.3) is 102 Å². The van der Waals surface area contributed by atoms with Gasteiger partial charge < -0.3 is 0 Å². The first-order valence-corrected chi connectivity index (χ1v) is 18.6. The van der Waals surface area contributed by atoms with Crippen molar-refractivity contribution in [1.82, 2.24) is 19.5 Å². The summed E-state index contributed by atoms with van der Waals surface area (Å²) >= 11 is 3.68. The van der Waals surface area contributed by atoms with E-state index in [1.165, 1.54) is 62.2 Å². The number of hydrogen-bond acceptors (Lipinski definition) is 5. The first kappa shape index (κ1) is 28.6. The van der Waals surface area contributed by atoms with E-state index in [2.05, 4.69) is 144 Å². The Bertz CT molecular complexity index is 3100. The zero-order valence-electron chi connectivity index (χ0n) is 27.1. The van der Waals surface area contributed by atoms with E-state index in [4.69, 9.17) is 15.0 Å². The zero-order valence-corrected chi connectivity index (χ0v) is 28.7. The molecule has 0 saturated carbocycles. The Balaban J connectivity index is 1.05. The third-order valence-electron chi connectivity index (χ3n) is 9.88. The second-order valence-corrected chi connectivity index (χ2v) is 15.0. The molecule has 51 heavy (non-hydrogen) atoms. The van der Waals surface area contributed by atoms with Crippen molar-refractivity contribution in [3.63, 3.8) is 0 Å². The first-order valence-electron chi connectivity index (χ1n) is 16.9. The van der Waals surface area contributed by atoms with Crippen LogP contribution in [0.5, 0.6) is 0 Å². The summed E-state index contributed by atoms with van der Waals surface area (Å²) < 4.78 is 7.29. The molecule has 4 heterocycles. The zero-order chi connectivity index (χ0) is 33.5. The highest BCUT2D eigenvalue weighted by Crippen LogP contribution is 2.41. The maximum absolute atomic E-state index is 5.17. The molecule has 0 spiro atoms. The van der Waals surface area contributed by atoms with E-state index in [1.54, 1.807) is 0 Å². The molecule has 0 saturated heterocycles. The van der Waals surface area contributed by atoms with E-state index in [9.17, 15) is 0 Å². The minimum absolute atomic E-state index is 0.605. The molecule has 0 atom stereocenters. The molecule has 0 amide bonds. The molecule has 238 valence electrons. The van der Waals surface area contributed by atoms with Crippen molar-refractivity contribution in [2.24, 2.45) is 0 Å². The van der Waals surface area contributed by atoms with Crippen molar-refractivity contribution < 1.29 is 0 Å². The lowest BCUT2D eigenvalue weighted by Gasteiger charge is -2.11. The number of fused-ring (bicyclic) bond motifs is 9. The van der Waals surface area contributed by atoms with Gasteiger partial charge in [-0.1, -0.05) is 121 Å². The third kappa shape index (κ3) is 4.54. The van der Waals surface area contributed by atoms with Crippen LogP contribution in [-0.4, -0.2) is 19.5 Å². The fraction of sp³-hybridized carbons (Fsp3) is 0. The number of nitrogens with zero attached hydrogens (tertiary/aromatic N) is 4. The maximum Gasteiger partial charge on any atom is 0.238 e. The van der Waals surface area contributed by atoms with E-state index in [1.807, 2.05) is 40.9 Å². The van der Waals surface area contributed by atoms with Gasteiger partial charge in [-0.2, -0.15) is 9.97 Å². The SMILES string of the molecule is c1ccc(-c2nc(-c3ccc4c(c3)sc3cc(-c5ccc6c(c5)sc5ccccc56)ccc34)nc(-n3c4ccccc4c4ccccc43)n2)cc1. The summed E-state index contributed by atoms with van der Waals surface area (Å²) in [7, 11) is 0. The number of rotatable bonds is 4. The number of aromatic nitrogens is 4. The van der Waals surface area contributed by atoms with Gasteiger partial charge in [0, 0.05) is 62.2 Å². The van der Waals surface area contributed by atoms with Crippen LogP contribution in [0.3, 0.4) is 0 Å². The number of benzene rings is 7. The Kier molecular flexibility index (Phi) is 6.26. The summed E-state index contributed by atoms with van der Waals surface area (Å²) in [5.74, 6) is 1.90. The molecule has 0 aliphatic rings. The standard InChI is InChI=1S/C45H26N4S2/c1-2-10-27(11-3-1)43-46-44(48-45(47-43)49-37-15-7-4-12-31(37)32-13-5-8-16-38(32)49)30-20-23-36-35-22-19-29(25-41(35)51-42(36)26-30)28-18-21-34-33-14-6-9-17-39(33)50-40(34)24-28/h1-26H. The average Bonchev–Trinajstić information content (AvgIpc) is 3.86. The lowest BCUT2D eigenvalue weighted by atomic mass is 10.0. The quantitative estimate of drug-likeness (QED) is 0.185. The second-order valence-electron chi connectivity index (χ2n) is 12.9. The van der Waals surface area contributed by atoms with Crippen molar-refractivity contribution in [1.29, 1.82) is 0 Å². The third-order valence-corrected chi connectivity index (χ3v) is 12.1. The molecule has 0 bridgehead atoms. The predicted octanol–water partition coefficient (Wildman–Crippen LogP) is 12.7. The van der Waals surface area contributed by atoms with Gasteiger partial charge in [0.1, 0.15) is 0 Å². The Morgan fingerprint density at radius 2 is 0.784 bits per heavy atom. The van der Waals surface area contributed by atoms with Crippen molar-refractivity contribution >= 4 is 84.8 Å². The molecule has 0 unspecified atom stereocenters. The number of thiophene rings is 2. The van der Waals surface area contributed by atoms with E-state index in [0.717, 1.165) is 22.2 Å². The fourth-order valence-electron chi connectivity index (χ4n) is 7.45. The lowest BCUT2D eigenvalue weighted by Crippen LogP contribution is -2.06. The molecule has 11 aromatic rings. The monoisotopic (exact) mass is 686 g/mol. The fourth-order valence-corrected chi connectivity index (χ4v) is 9.78. The van der Waals surface area contributed by atoms with Crippen LogP contribution in [0.2, 0.25) is 0 Å². The molecular weight excluding hydrogens is 661 g/mol. The van der Waals surface area contributed by atoms with Crippen LogP contribution in [0.4, 0.5) is 0 Å². The number of hydrogen-bond donors (Lipinski definition) is 0. The maximum atomic E-state index is 5.17. The van der Waals surface area contributed by atoms with E-state index in [-0.39, 0.29) is 0 Å². The molecular formula is C45H26N4S2. The van der Waals surface area contributed by atoms with E-state index < -0.39 is 0 Å². The summed E-state index contributed by atoms with van der Waals surface area (Å²) in [5, 5.41) is 7.50. The van der Waals surface area contributed by atoms with Crippen molar-refractivity contribution in [2.75, 3.05) is 0 Å². The van der Waals surface area contributed by atoms with Gasteiger partial charge in [-0.25, -0.2) is 4.98 Å². The Morgan fingerprint density at radius 1 is 0.333 bits per heavy atom. The summed E-state index contributed by atoms with van der Waals surface area (Å²) in [6.45, 7) is 0. The molecule has 0 aliphatic heterocycles. The molecule has 7 aromatic carbocycles. The minimum atomic E-state index is 0.605. The molecule has 4 nitrogen and oxygen atoms in total. The Hall–Kier alpha value is -6.21. The van der Waals surface area contributed by atoms with Crippen LogP contribution < -0.4 is 0 Å². The van der Waals surface area contributed by atoms with Gasteiger partial charge in [0.25, 0.3) is 0 Å². The highest BCUT2D eigenvalue weighted by Gasteiger charge is 2.18.